The van der Waals surface area contributed by atoms with Gasteiger partial charge in [0.2, 0.25) is 0 Å². The van der Waals surface area contributed by atoms with Crippen molar-refractivity contribution in [2.24, 2.45) is 0 Å². The van der Waals surface area contributed by atoms with Gasteiger partial charge >= 0.3 is 0 Å². The summed E-state index contributed by atoms with van der Waals surface area (Å²) in [7, 11) is -3.26. The largest absolute Gasteiger partial charge is 0.228 e. The van der Waals surface area contributed by atoms with Crippen LogP contribution in [0.2, 0.25) is 0 Å². The second-order valence-corrected chi connectivity index (χ2v) is 5.69. The first-order valence-corrected chi connectivity index (χ1v) is 7.07. The number of rotatable bonds is 3. The highest BCUT2D eigenvalue weighted by Crippen LogP contribution is 2.24. The summed E-state index contributed by atoms with van der Waals surface area (Å²) < 4.78 is 22.5. The molecule has 0 fully saturated rings. The van der Waals surface area contributed by atoms with E-state index in [1.807, 2.05) is 54.6 Å². The summed E-state index contributed by atoms with van der Waals surface area (Å²) in [4.78, 5) is 0. The van der Waals surface area contributed by atoms with Crippen molar-refractivity contribution in [2.45, 2.75) is 5.75 Å². The van der Waals surface area contributed by atoms with Gasteiger partial charge in [0.25, 0.3) is 0 Å². The zero-order valence-electron chi connectivity index (χ0n) is 9.34. The maximum atomic E-state index is 11.3. The maximum Gasteiger partial charge on any atom is 0.155 e. The van der Waals surface area contributed by atoms with E-state index in [0.717, 1.165) is 16.7 Å². The van der Waals surface area contributed by atoms with Crippen molar-refractivity contribution in [2.75, 3.05) is 0 Å². The van der Waals surface area contributed by atoms with E-state index in [4.69, 9.17) is 0 Å². The zero-order chi connectivity index (χ0) is 12.3. The first kappa shape index (κ1) is 11.9. The SMILES string of the molecule is [CH2]S(=O)(=O)Cc1ccccc1-c1ccccc1. The van der Waals surface area contributed by atoms with Crippen LogP contribution in [0.4, 0.5) is 0 Å². The molecule has 2 aromatic rings. The monoisotopic (exact) mass is 245 g/mol. The average Bonchev–Trinajstić information content (AvgIpc) is 2.29. The van der Waals surface area contributed by atoms with Crippen LogP contribution in [0.5, 0.6) is 0 Å². The molecule has 0 unspecified atom stereocenters. The molecule has 3 heteroatoms. The Morgan fingerprint density at radius 2 is 1.47 bits per heavy atom. The molecule has 0 aliphatic carbocycles. The lowest BCUT2D eigenvalue weighted by Crippen LogP contribution is -2.00. The predicted octanol–water partition coefficient (Wildman–Crippen LogP) is 3.06. The van der Waals surface area contributed by atoms with E-state index in [1.54, 1.807) is 0 Å². The fourth-order valence-electron chi connectivity index (χ4n) is 1.78. The van der Waals surface area contributed by atoms with Crippen molar-refractivity contribution in [3.05, 3.63) is 66.4 Å². The normalized spacial score (nSPS) is 11.4. The van der Waals surface area contributed by atoms with Crippen LogP contribution in [-0.2, 0) is 15.6 Å². The Hall–Kier alpha value is -1.61. The number of benzene rings is 2. The van der Waals surface area contributed by atoms with E-state index in [9.17, 15) is 8.42 Å². The molecule has 0 spiro atoms. The highest BCUT2D eigenvalue weighted by molar-refractivity contribution is 7.91. The number of sulfone groups is 1. The van der Waals surface area contributed by atoms with Crippen LogP contribution in [0.25, 0.3) is 11.1 Å². The highest BCUT2D eigenvalue weighted by atomic mass is 32.2. The fraction of sp³-hybridized carbons (Fsp3) is 0.0714. The molecular weight excluding hydrogens is 232 g/mol. The predicted molar refractivity (Wildman–Crippen MR) is 69.9 cm³/mol. The van der Waals surface area contributed by atoms with Gasteiger partial charge in [0.15, 0.2) is 9.84 Å². The smallest absolute Gasteiger partial charge is 0.155 e. The Bertz CT molecular complexity index is 601. The zero-order valence-corrected chi connectivity index (χ0v) is 10.2. The van der Waals surface area contributed by atoms with E-state index >= 15 is 0 Å². The van der Waals surface area contributed by atoms with E-state index in [2.05, 4.69) is 6.26 Å². The molecular formula is C14H13O2S. The summed E-state index contributed by atoms with van der Waals surface area (Å²) in [6.07, 6.45) is 3.17. The Balaban J connectivity index is 2.49. The van der Waals surface area contributed by atoms with Gasteiger partial charge in [0.05, 0.1) is 12.0 Å². The standard InChI is InChI=1S/C14H13O2S/c1-17(15,16)11-13-9-5-6-10-14(13)12-7-3-2-4-8-12/h2-10H,1,11H2. The van der Waals surface area contributed by atoms with Crippen LogP contribution < -0.4 is 0 Å². The molecule has 0 saturated heterocycles. The van der Waals surface area contributed by atoms with Crippen LogP contribution >= 0.6 is 0 Å². The van der Waals surface area contributed by atoms with Gasteiger partial charge in [-0.05, 0) is 16.7 Å². The molecule has 0 N–H and O–H groups in total. The van der Waals surface area contributed by atoms with Crippen LogP contribution in [-0.4, -0.2) is 8.42 Å². The van der Waals surface area contributed by atoms with Crippen LogP contribution in [0, 0.1) is 6.26 Å². The summed E-state index contributed by atoms with van der Waals surface area (Å²) in [6.45, 7) is 0. The summed E-state index contributed by atoms with van der Waals surface area (Å²) in [5.74, 6) is -0.0297. The summed E-state index contributed by atoms with van der Waals surface area (Å²) in [5.41, 5.74) is 2.75. The van der Waals surface area contributed by atoms with E-state index in [0.29, 0.717) is 0 Å². The Morgan fingerprint density at radius 1 is 0.882 bits per heavy atom. The van der Waals surface area contributed by atoms with Crippen molar-refractivity contribution in [3.63, 3.8) is 0 Å². The molecule has 0 aliphatic heterocycles. The van der Waals surface area contributed by atoms with Crippen molar-refractivity contribution in [1.82, 2.24) is 0 Å². The van der Waals surface area contributed by atoms with Gasteiger partial charge in [0, 0.05) is 0 Å². The Labute approximate surface area is 102 Å². The van der Waals surface area contributed by atoms with E-state index < -0.39 is 9.84 Å². The van der Waals surface area contributed by atoms with Crippen molar-refractivity contribution < 1.29 is 8.42 Å². The molecule has 2 aromatic carbocycles. The van der Waals surface area contributed by atoms with Crippen molar-refractivity contribution in [1.29, 1.82) is 0 Å². The average molecular weight is 245 g/mol. The van der Waals surface area contributed by atoms with Crippen molar-refractivity contribution >= 4 is 9.84 Å². The van der Waals surface area contributed by atoms with Crippen LogP contribution in [0.15, 0.2) is 54.6 Å². The van der Waals surface area contributed by atoms with Gasteiger partial charge in [0.1, 0.15) is 0 Å². The third-order valence-electron chi connectivity index (χ3n) is 2.48. The lowest BCUT2D eigenvalue weighted by molar-refractivity contribution is 0.603. The molecule has 0 atom stereocenters. The lowest BCUT2D eigenvalue weighted by Gasteiger charge is -2.08. The maximum absolute atomic E-state index is 11.3. The second kappa shape index (κ2) is 4.72. The first-order chi connectivity index (χ1) is 8.06. The van der Waals surface area contributed by atoms with Gasteiger partial charge in [-0.25, -0.2) is 8.42 Å². The lowest BCUT2D eigenvalue weighted by atomic mass is 10.0. The van der Waals surface area contributed by atoms with Gasteiger partial charge in [-0.2, -0.15) is 0 Å². The van der Waals surface area contributed by atoms with Gasteiger partial charge < -0.3 is 0 Å². The minimum Gasteiger partial charge on any atom is -0.228 e. The quantitative estimate of drug-likeness (QED) is 0.832. The topological polar surface area (TPSA) is 34.1 Å². The minimum absolute atomic E-state index is 0.0297. The molecule has 87 valence electrons. The third kappa shape index (κ3) is 3.17. The van der Waals surface area contributed by atoms with E-state index in [1.165, 1.54) is 0 Å². The molecule has 1 radical (unpaired) electrons. The summed E-state index contributed by atoms with van der Waals surface area (Å²) >= 11 is 0. The minimum atomic E-state index is -3.26. The van der Waals surface area contributed by atoms with Crippen LogP contribution in [0.3, 0.4) is 0 Å². The molecule has 2 nitrogen and oxygen atoms in total. The van der Waals surface area contributed by atoms with E-state index in [-0.39, 0.29) is 5.75 Å². The molecule has 0 amide bonds. The van der Waals surface area contributed by atoms with Crippen LogP contribution in [0.1, 0.15) is 5.56 Å². The molecule has 2 rings (SSSR count). The molecule has 0 saturated carbocycles. The summed E-state index contributed by atoms with van der Waals surface area (Å²) in [6, 6.07) is 17.2. The fourth-order valence-corrected chi connectivity index (χ4v) is 2.51. The number of hydrogen-bond donors (Lipinski definition) is 0. The Kier molecular flexibility index (Phi) is 3.29. The summed E-state index contributed by atoms with van der Waals surface area (Å²) in [5, 5.41) is 0. The molecule has 0 aromatic heterocycles. The van der Waals surface area contributed by atoms with Gasteiger partial charge in [-0.15, -0.1) is 0 Å². The molecule has 0 heterocycles. The van der Waals surface area contributed by atoms with Crippen molar-refractivity contribution in [3.8, 4) is 11.1 Å². The highest BCUT2D eigenvalue weighted by Gasteiger charge is 2.09. The third-order valence-corrected chi connectivity index (χ3v) is 3.23. The second-order valence-electron chi connectivity index (χ2n) is 3.91. The van der Waals surface area contributed by atoms with Gasteiger partial charge in [-0.1, -0.05) is 54.6 Å². The molecule has 0 bridgehead atoms. The molecule has 0 aliphatic rings. The first-order valence-electron chi connectivity index (χ1n) is 5.25. The molecule has 17 heavy (non-hydrogen) atoms. The number of hydrogen-bond acceptors (Lipinski definition) is 2. The van der Waals surface area contributed by atoms with Gasteiger partial charge in [-0.3, -0.25) is 0 Å². The Morgan fingerprint density at radius 3 is 2.12 bits per heavy atom.